The number of carbonyl (C=O) groups is 1. The molecule has 1 heterocycles. The summed E-state index contributed by atoms with van der Waals surface area (Å²) in [6, 6.07) is 4.99. The van der Waals surface area contributed by atoms with E-state index in [0.717, 1.165) is 16.7 Å². The number of cyclic esters (lactones) is 1. The minimum Gasteiger partial charge on any atom is -0.458 e. The van der Waals surface area contributed by atoms with Gasteiger partial charge in [-0.15, -0.1) is 0 Å². The smallest absolute Gasteiger partial charge is 0.309 e. The van der Waals surface area contributed by atoms with Gasteiger partial charge in [-0.1, -0.05) is 26.0 Å². The Morgan fingerprint density at radius 3 is 2.63 bits per heavy atom. The molecule has 1 aliphatic carbocycles. The van der Waals surface area contributed by atoms with Crippen LogP contribution in [0.25, 0.3) is 5.57 Å². The van der Waals surface area contributed by atoms with Gasteiger partial charge in [0.1, 0.15) is 11.9 Å². The van der Waals surface area contributed by atoms with Crippen molar-refractivity contribution in [3.63, 3.8) is 0 Å². The predicted molar refractivity (Wildman–Crippen MR) is 101 cm³/mol. The van der Waals surface area contributed by atoms with Gasteiger partial charge in [-0.2, -0.15) is 0 Å². The van der Waals surface area contributed by atoms with Crippen molar-refractivity contribution in [3.8, 4) is 0 Å². The van der Waals surface area contributed by atoms with Gasteiger partial charge in [0.15, 0.2) is 0 Å². The van der Waals surface area contributed by atoms with Gasteiger partial charge < -0.3 is 14.9 Å². The molecule has 0 amide bonds. The van der Waals surface area contributed by atoms with Crippen molar-refractivity contribution in [2.24, 2.45) is 5.41 Å². The first-order valence-corrected chi connectivity index (χ1v) is 9.39. The molecule has 146 valence electrons. The quantitative estimate of drug-likeness (QED) is 0.792. The molecule has 0 radical (unpaired) electrons. The van der Waals surface area contributed by atoms with Crippen molar-refractivity contribution in [2.45, 2.75) is 64.8 Å². The summed E-state index contributed by atoms with van der Waals surface area (Å²) in [6.45, 7) is 5.85. The molecular weight excluding hydrogens is 347 g/mol. The number of aliphatic hydroxyl groups is 2. The second-order valence-corrected chi connectivity index (χ2v) is 8.28. The van der Waals surface area contributed by atoms with E-state index in [0.29, 0.717) is 24.8 Å². The van der Waals surface area contributed by atoms with Crippen molar-refractivity contribution < 1.29 is 24.1 Å². The highest BCUT2D eigenvalue weighted by Gasteiger charge is 2.34. The number of esters is 1. The molecular formula is C22H27FO4. The molecule has 3 rings (SSSR count). The third-order valence-electron chi connectivity index (χ3n) is 5.41. The third kappa shape index (κ3) is 4.47. The van der Waals surface area contributed by atoms with Crippen LogP contribution in [0.15, 0.2) is 35.9 Å². The van der Waals surface area contributed by atoms with E-state index >= 15 is 0 Å². The Balaban J connectivity index is 2.00. The van der Waals surface area contributed by atoms with Gasteiger partial charge in [-0.05, 0) is 65.7 Å². The first kappa shape index (κ1) is 19.8. The van der Waals surface area contributed by atoms with Crippen molar-refractivity contribution in [1.82, 2.24) is 0 Å². The van der Waals surface area contributed by atoms with Gasteiger partial charge in [0.25, 0.3) is 0 Å². The molecule has 0 bridgehead atoms. The van der Waals surface area contributed by atoms with Crippen LogP contribution in [-0.2, 0) is 9.53 Å². The minimum absolute atomic E-state index is 0.0326. The monoisotopic (exact) mass is 374 g/mol. The number of halogens is 1. The lowest BCUT2D eigenvalue weighted by Gasteiger charge is -2.37. The molecule has 0 spiro atoms. The molecule has 2 aliphatic rings. The molecule has 5 heteroatoms. The fraction of sp³-hybridized carbons (Fsp3) is 0.500. The molecule has 2 N–H and O–H groups in total. The van der Waals surface area contributed by atoms with Crippen molar-refractivity contribution in [1.29, 1.82) is 0 Å². The zero-order chi connectivity index (χ0) is 19.8. The van der Waals surface area contributed by atoms with Crippen LogP contribution in [0.3, 0.4) is 0 Å². The van der Waals surface area contributed by atoms with Crippen LogP contribution in [0, 0.1) is 18.2 Å². The maximum atomic E-state index is 13.7. The summed E-state index contributed by atoms with van der Waals surface area (Å²) < 4.78 is 19.0. The third-order valence-corrected chi connectivity index (χ3v) is 5.41. The number of hydrogen-bond acceptors (Lipinski definition) is 4. The lowest BCUT2D eigenvalue weighted by Crippen LogP contribution is -2.32. The zero-order valence-electron chi connectivity index (χ0n) is 16.0. The van der Waals surface area contributed by atoms with Gasteiger partial charge in [0.2, 0.25) is 0 Å². The Bertz CT molecular complexity index is 794. The number of rotatable bonds is 3. The Hall–Kier alpha value is -1.98. The van der Waals surface area contributed by atoms with E-state index in [1.807, 2.05) is 12.2 Å². The number of allylic oxidation sites excluding steroid dienone is 2. The molecule has 1 fully saturated rings. The van der Waals surface area contributed by atoms with Crippen LogP contribution in [0.2, 0.25) is 0 Å². The van der Waals surface area contributed by atoms with Gasteiger partial charge >= 0.3 is 5.97 Å². The molecule has 1 aromatic rings. The van der Waals surface area contributed by atoms with Crippen LogP contribution in [0.5, 0.6) is 0 Å². The molecule has 0 aromatic heterocycles. The van der Waals surface area contributed by atoms with E-state index < -0.39 is 24.3 Å². The summed E-state index contributed by atoms with van der Waals surface area (Å²) in [7, 11) is 0. The molecule has 4 nitrogen and oxygen atoms in total. The predicted octanol–water partition coefficient (Wildman–Crippen LogP) is 3.69. The van der Waals surface area contributed by atoms with E-state index in [9.17, 15) is 19.4 Å². The van der Waals surface area contributed by atoms with Gasteiger partial charge in [-0.25, -0.2) is 4.39 Å². The highest BCUT2D eigenvalue weighted by molar-refractivity contribution is 5.74. The van der Waals surface area contributed by atoms with Crippen LogP contribution in [-0.4, -0.2) is 34.5 Å². The van der Waals surface area contributed by atoms with Crippen LogP contribution in [0.1, 0.15) is 50.7 Å². The standard InChI is InChI=1S/C22H27FO4/c1-13-8-14(4-7-20(13)23)18-10-16(25)12-22(2,3)19(18)6-5-17-9-15(24)11-21(26)27-17/h4-8,15-17,24-25H,9-12H2,1-3H3/t15-,16?,17-/m1/s1. The number of aliphatic hydroxyl groups excluding tert-OH is 2. The molecule has 3 atom stereocenters. The number of aryl methyl sites for hydroxylation is 1. The minimum atomic E-state index is -0.685. The largest absolute Gasteiger partial charge is 0.458 e. The average molecular weight is 374 g/mol. The van der Waals surface area contributed by atoms with E-state index in [-0.39, 0.29) is 17.7 Å². The van der Waals surface area contributed by atoms with E-state index in [4.69, 9.17) is 4.74 Å². The van der Waals surface area contributed by atoms with Crippen molar-refractivity contribution in [3.05, 3.63) is 52.9 Å². The molecule has 27 heavy (non-hydrogen) atoms. The molecule has 1 unspecified atom stereocenters. The van der Waals surface area contributed by atoms with Crippen molar-refractivity contribution >= 4 is 11.5 Å². The average Bonchev–Trinajstić information content (AvgIpc) is 2.54. The Morgan fingerprint density at radius 2 is 1.96 bits per heavy atom. The highest BCUT2D eigenvalue weighted by atomic mass is 19.1. The van der Waals surface area contributed by atoms with Crippen LogP contribution < -0.4 is 0 Å². The second kappa shape index (κ2) is 7.56. The Labute approximate surface area is 159 Å². The second-order valence-electron chi connectivity index (χ2n) is 8.28. The molecule has 1 aliphatic heterocycles. The summed E-state index contributed by atoms with van der Waals surface area (Å²) in [5, 5.41) is 20.2. The van der Waals surface area contributed by atoms with E-state index in [1.165, 1.54) is 6.07 Å². The SMILES string of the molecule is Cc1cc(C2=C(C=C[C@@H]3C[C@@H](O)CC(=O)O3)C(C)(C)CC(O)C2)ccc1F. The highest BCUT2D eigenvalue weighted by Crippen LogP contribution is 2.45. The van der Waals surface area contributed by atoms with Crippen LogP contribution in [0.4, 0.5) is 4.39 Å². The topological polar surface area (TPSA) is 66.8 Å². The van der Waals surface area contributed by atoms with Gasteiger partial charge in [0, 0.05) is 6.42 Å². The maximum absolute atomic E-state index is 13.7. The number of benzene rings is 1. The van der Waals surface area contributed by atoms with E-state index in [1.54, 1.807) is 19.1 Å². The fourth-order valence-corrected chi connectivity index (χ4v) is 4.09. The lowest BCUT2D eigenvalue weighted by molar-refractivity contribution is -0.156. The zero-order valence-corrected chi connectivity index (χ0v) is 16.0. The summed E-state index contributed by atoms with van der Waals surface area (Å²) in [6.07, 6.45) is 3.65. The van der Waals surface area contributed by atoms with Crippen LogP contribution >= 0.6 is 0 Å². The summed E-state index contributed by atoms with van der Waals surface area (Å²) in [5.41, 5.74) is 3.17. The molecule has 1 saturated heterocycles. The molecule has 0 saturated carbocycles. The maximum Gasteiger partial charge on any atom is 0.309 e. The summed E-state index contributed by atoms with van der Waals surface area (Å²) in [5.74, 6) is -0.653. The van der Waals surface area contributed by atoms with Gasteiger partial charge in [-0.3, -0.25) is 4.79 Å². The van der Waals surface area contributed by atoms with Gasteiger partial charge in [0.05, 0.1) is 18.6 Å². The molecule has 1 aromatic carbocycles. The normalized spacial score (nSPS) is 28.5. The number of hydrogen-bond donors (Lipinski definition) is 2. The first-order valence-electron chi connectivity index (χ1n) is 9.39. The number of ether oxygens (including phenoxy) is 1. The first-order chi connectivity index (χ1) is 12.7. The van der Waals surface area contributed by atoms with Crippen molar-refractivity contribution in [2.75, 3.05) is 0 Å². The lowest BCUT2D eigenvalue weighted by atomic mass is 9.69. The fourth-order valence-electron chi connectivity index (χ4n) is 4.09. The van der Waals surface area contributed by atoms with E-state index in [2.05, 4.69) is 13.8 Å². The summed E-state index contributed by atoms with van der Waals surface area (Å²) >= 11 is 0. The summed E-state index contributed by atoms with van der Waals surface area (Å²) in [4.78, 5) is 11.6. The Morgan fingerprint density at radius 1 is 1.22 bits per heavy atom. The Kier molecular flexibility index (Phi) is 5.54. The number of carbonyl (C=O) groups excluding carboxylic acids is 1.